The van der Waals surface area contributed by atoms with Gasteiger partial charge >= 0.3 is 0 Å². The number of fused-ring (bicyclic) bond motifs is 1. The molecule has 0 saturated carbocycles. The smallest absolute Gasteiger partial charge is 0.279 e. The van der Waals surface area contributed by atoms with Gasteiger partial charge in [0, 0.05) is 10.4 Å². The molecule has 8 nitrogen and oxygen atoms in total. The molecule has 2 N–H and O–H groups in total. The number of amides is 2. The standard InChI is InChI=1S/C23H18ClN5O3S/c1-14-19-10-20(33-23(19)29(28-14)12-16-2-6-17(24)7-3-16)22(31)27-26-21(30)13-32-18-8-4-15(11-25)5-9-18/h2-10H,12-13H2,1H3,(H,26,30)(H,27,31). The van der Waals surface area contributed by atoms with Crippen molar-refractivity contribution in [2.75, 3.05) is 6.61 Å². The van der Waals surface area contributed by atoms with Gasteiger partial charge in [-0.2, -0.15) is 10.4 Å². The molecule has 0 fully saturated rings. The van der Waals surface area contributed by atoms with Gasteiger partial charge in [0.05, 0.1) is 28.7 Å². The van der Waals surface area contributed by atoms with E-state index in [9.17, 15) is 9.59 Å². The quantitative estimate of drug-likeness (QED) is 0.408. The van der Waals surface area contributed by atoms with Gasteiger partial charge < -0.3 is 4.74 Å². The van der Waals surface area contributed by atoms with E-state index >= 15 is 0 Å². The summed E-state index contributed by atoms with van der Waals surface area (Å²) in [6.07, 6.45) is 0. The number of halogens is 1. The first kappa shape index (κ1) is 22.3. The number of aryl methyl sites for hydroxylation is 1. The lowest BCUT2D eigenvalue weighted by Crippen LogP contribution is -2.43. The van der Waals surface area contributed by atoms with Crippen LogP contribution in [0.4, 0.5) is 0 Å². The van der Waals surface area contributed by atoms with Crippen LogP contribution >= 0.6 is 22.9 Å². The monoisotopic (exact) mass is 479 g/mol. The minimum Gasteiger partial charge on any atom is -0.484 e. The molecule has 2 aromatic heterocycles. The second-order valence-electron chi connectivity index (χ2n) is 7.13. The number of hydrogen-bond donors (Lipinski definition) is 2. The van der Waals surface area contributed by atoms with E-state index in [-0.39, 0.29) is 6.61 Å². The average Bonchev–Trinajstić information content (AvgIpc) is 3.39. The summed E-state index contributed by atoms with van der Waals surface area (Å²) in [7, 11) is 0. The highest BCUT2D eigenvalue weighted by Crippen LogP contribution is 2.29. The van der Waals surface area contributed by atoms with Gasteiger partial charge in [0.1, 0.15) is 10.6 Å². The van der Waals surface area contributed by atoms with Crippen LogP contribution in [0.3, 0.4) is 0 Å². The molecule has 0 unspecified atom stereocenters. The number of hydrazine groups is 1. The molecule has 4 rings (SSSR count). The Morgan fingerprint density at radius 3 is 2.58 bits per heavy atom. The van der Waals surface area contributed by atoms with Crippen LogP contribution < -0.4 is 15.6 Å². The zero-order chi connectivity index (χ0) is 23.4. The second kappa shape index (κ2) is 9.73. The molecule has 0 saturated heterocycles. The Morgan fingerprint density at radius 1 is 1.15 bits per heavy atom. The molecule has 0 aliphatic carbocycles. The third-order valence-corrected chi connectivity index (χ3v) is 6.14. The van der Waals surface area contributed by atoms with Gasteiger partial charge in [-0.25, -0.2) is 0 Å². The highest BCUT2D eigenvalue weighted by Gasteiger charge is 2.17. The molecule has 33 heavy (non-hydrogen) atoms. The molecular weight excluding hydrogens is 462 g/mol. The van der Waals surface area contributed by atoms with E-state index in [1.54, 1.807) is 30.3 Å². The van der Waals surface area contributed by atoms with Gasteiger partial charge in [-0.05, 0) is 55.0 Å². The van der Waals surface area contributed by atoms with E-state index in [4.69, 9.17) is 21.6 Å². The first-order chi connectivity index (χ1) is 15.9. The van der Waals surface area contributed by atoms with Crippen LogP contribution in [0.15, 0.2) is 54.6 Å². The van der Waals surface area contributed by atoms with Gasteiger partial charge in [-0.3, -0.25) is 25.1 Å². The molecule has 0 aliphatic rings. The predicted octanol–water partition coefficient (Wildman–Crippen LogP) is 3.82. The lowest BCUT2D eigenvalue weighted by atomic mass is 10.2. The van der Waals surface area contributed by atoms with Crippen molar-refractivity contribution in [3.05, 3.63) is 81.3 Å². The van der Waals surface area contributed by atoms with Crippen LogP contribution in [-0.2, 0) is 11.3 Å². The fraction of sp³-hybridized carbons (Fsp3) is 0.130. The summed E-state index contributed by atoms with van der Waals surface area (Å²) in [5, 5.41) is 14.9. The van der Waals surface area contributed by atoms with E-state index in [2.05, 4.69) is 16.0 Å². The molecule has 2 heterocycles. The summed E-state index contributed by atoms with van der Waals surface area (Å²) >= 11 is 7.25. The molecule has 0 aliphatic heterocycles. The van der Waals surface area contributed by atoms with E-state index in [1.807, 2.05) is 41.9 Å². The summed E-state index contributed by atoms with van der Waals surface area (Å²) in [6.45, 7) is 2.15. The number of nitrogens with one attached hydrogen (secondary N) is 2. The molecule has 4 aromatic rings. The van der Waals surface area contributed by atoms with Crippen molar-refractivity contribution in [3.8, 4) is 11.8 Å². The van der Waals surface area contributed by atoms with E-state index in [0.717, 1.165) is 21.5 Å². The van der Waals surface area contributed by atoms with Crippen LogP contribution in [0.25, 0.3) is 10.2 Å². The van der Waals surface area contributed by atoms with Crippen molar-refractivity contribution in [1.82, 2.24) is 20.6 Å². The number of rotatable bonds is 6. The Hall–Kier alpha value is -3.87. The van der Waals surface area contributed by atoms with Crippen LogP contribution in [-0.4, -0.2) is 28.2 Å². The van der Waals surface area contributed by atoms with Crippen molar-refractivity contribution in [2.45, 2.75) is 13.5 Å². The van der Waals surface area contributed by atoms with Crippen molar-refractivity contribution in [2.24, 2.45) is 0 Å². The minimum atomic E-state index is -0.515. The highest BCUT2D eigenvalue weighted by atomic mass is 35.5. The average molecular weight is 480 g/mol. The number of ether oxygens (including phenoxy) is 1. The topological polar surface area (TPSA) is 109 Å². The van der Waals surface area contributed by atoms with Gasteiger partial charge in [-0.1, -0.05) is 23.7 Å². The number of nitrogens with zero attached hydrogens (tertiary/aromatic N) is 3. The molecule has 166 valence electrons. The first-order valence-corrected chi connectivity index (χ1v) is 11.1. The summed E-state index contributed by atoms with van der Waals surface area (Å²) in [5.41, 5.74) is 7.09. The Balaban J connectivity index is 1.36. The zero-order valence-electron chi connectivity index (χ0n) is 17.5. The Kier molecular flexibility index (Phi) is 6.58. The molecule has 2 amide bonds. The molecule has 0 radical (unpaired) electrons. The normalized spacial score (nSPS) is 10.6. The largest absolute Gasteiger partial charge is 0.484 e. The highest BCUT2D eigenvalue weighted by molar-refractivity contribution is 7.20. The van der Waals surface area contributed by atoms with E-state index in [0.29, 0.717) is 27.8 Å². The lowest BCUT2D eigenvalue weighted by molar-refractivity contribution is -0.123. The third-order valence-electron chi connectivity index (χ3n) is 4.75. The van der Waals surface area contributed by atoms with Crippen molar-refractivity contribution < 1.29 is 14.3 Å². The fourth-order valence-electron chi connectivity index (χ4n) is 3.09. The van der Waals surface area contributed by atoms with Gasteiger partial charge in [-0.15, -0.1) is 11.3 Å². The number of hydrogen-bond acceptors (Lipinski definition) is 6. The van der Waals surface area contributed by atoms with Gasteiger partial charge in [0.25, 0.3) is 11.8 Å². The Morgan fingerprint density at radius 2 is 1.88 bits per heavy atom. The van der Waals surface area contributed by atoms with E-state index < -0.39 is 11.8 Å². The summed E-state index contributed by atoms with van der Waals surface area (Å²) in [5.74, 6) is -0.500. The van der Waals surface area contributed by atoms with Crippen molar-refractivity contribution in [1.29, 1.82) is 5.26 Å². The maximum absolute atomic E-state index is 12.5. The first-order valence-electron chi connectivity index (χ1n) is 9.86. The Labute approximate surface area is 198 Å². The van der Waals surface area contributed by atoms with Crippen LogP contribution in [0.5, 0.6) is 5.75 Å². The molecular formula is C23H18ClN5O3S. The SMILES string of the molecule is Cc1nn(Cc2ccc(Cl)cc2)c2sc(C(=O)NNC(=O)COc3ccc(C#N)cc3)cc12. The summed E-state index contributed by atoms with van der Waals surface area (Å²) < 4.78 is 7.19. The zero-order valence-corrected chi connectivity index (χ0v) is 19.0. The number of carbonyl (C=O) groups excluding carboxylic acids is 2. The molecule has 2 aromatic carbocycles. The number of thiophene rings is 1. The fourth-order valence-corrected chi connectivity index (χ4v) is 4.28. The summed E-state index contributed by atoms with van der Waals surface area (Å²) in [6, 6.07) is 17.6. The van der Waals surface area contributed by atoms with Crippen molar-refractivity contribution >= 4 is 45.0 Å². The number of benzene rings is 2. The molecule has 0 atom stereocenters. The van der Waals surface area contributed by atoms with Gasteiger partial charge in [0.2, 0.25) is 0 Å². The lowest BCUT2D eigenvalue weighted by Gasteiger charge is -2.08. The third kappa shape index (κ3) is 5.31. The second-order valence-corrected chi connectivity index (χ2v) is 8.59. The van der Waals surface area contributed by atoms with Crippen LogP contribution in [0, 0.1) is 18.3 Å². The van der Waals surface area contributed by atoms with Crippen LogP contribution in [0.2, 0.25) is 5.02 Å². The number of carbonyl (C=O) groups is 2. The molecule has 10 heteroatoms. The minimum absolute atomic E-state index is 0.284. The predicted molar refractivity (Wildman–Crippen MR) is 125 cm³/mol. The van der Waals surface area contributed by atoms with Gasteiger partial charge in [0.15, 0.2) is 6.61 Å². The van der Waals surface area contributed by atoms with E-state index in [1.165, 1.54) is 11.3 Å². The Bertz CT molecular complexity index is 1350. The number of nitriles is 1. The van der Waals surface area contributed by atoms with Crippen molar-refractivity contribution in [3.63, 3.8) is 0 Å². The molecule has 0 bridgehead atoms. The molecule has 0 spiro atoms. The maximum Gasteiger partial charge on any atom is 0.279 e. The number of aromatic nitrogens is 2. The maximum atomic E-state index is 12.5. The summed E-state index contributed by atoms with van der Waals surface area (Å²) in [4.78, 5) is 25.9. The van der Waals surface area contributed by atoms with Crippen LogP contribution in [0.1, 0.15) is 26.5 Å².